The van der Waals surface area contributed by atoms with Gasteiger partial charge >= 0.3 is 0 Å². The number of anilines is 1. The molecular formula is C29H34N4O6S. The number of carbonyl (C=O) groups is 1. The molecule has 11 heteroatoms. The second-order valence-electron chi connectivity index (χ2n) is 9.95. The van der Waals surface area contributed by atoms with Crippen molar-refractivity contribution in [3.8, 4) is 5.75 Å². The first-order valence-electron chi connectivity index (χ1n) is 13.2. The van der Waals surface area contributed by atoms with E-state index in [9.17, 15) is 23.3 Å². The van der Waals surface area contributed by atoms with Crippen molar-refractivity contribution >= 4 is 27.3 Å². The zero-order valence-electron chi connectivity index (χ0n) is 22.5. The van der Waals surface area contributed by atoms with Crippen LogP contribution in [0.4, 0.5) is 11.4 Å². The third-order valence-corrected chi connectivity index (χ3v) is 8.71. The molecule has 1 amide bonds. The molecule has 0 radical (unpaired) electrons. The number of nitrogens with one attached hydrogen (secondary N) is 3. The van der Waals surface area contributed by atoms with Crippen LogP contribution in [0.3, 0.4) is 0 Å². The second kappa shape index (κ2) is 12.9. The van der Waals surface area contributed by atoms with E-state index in [1.165, 1.54) is 12.1 Å². The van der Waals surface area contributed by atoms with Crippen LogP contribution in [0.5, 0.6) is 5.75 Å². The molecule has 0 spiro atoms. The third kappa shape index (κ3) is 7.36. The summed E-state index contributed by atoms with van der Waals surface area (Å²) in [5.74, 6) is 0.473. The van der Waals surface area contributed by atoms with Gasteiger partial charge in [0.05, 0.1) is 23.0 Å². The number of rotatable bonds is 11. The van der Waals surface area contributed by atoms with E-state index in [2.05, 4.69) is 15.4 Å². The SMILES string of the molecule is COc1ccc(CNc2ccc(S(=O)(=O)N[C@H]3CC[C@H](C(=O)N[C@H](C)c4ccccc4)CC3)cc2[N+](=O)[O-])cc1. The van der Waals surface area contributed by atoms with Gasteiger partial charge in [-0.05, 0) is 68.0 Å². The fourth-order valence-electron chi connectivity index (χ4n) is 4.84. The van der Waals surface area contributed by atoms with Crippen molar-refractivity contribution in [3.05, 3.63) is 94.0 Å². The Morgan fingerprint density at radius 1 is 1.02 bits per heavy atom. The molecule has 3 N–H and O–H groups in total. The summed E-state index contributed by atoms with van der Waals surface area (Å²) in [7, 11) is -2.43. The van der Waals surface area contributed by atoms with Crippen LogP contribution in [0.25, 0.3) is 0 Å². The Hall–Kier alpha value is -3.96. The summed E-state index contributed by atoms with van der Waals surface area (Å²) in [6, 6.07) is 20.3. The van der Waals surface area contributed by atoms with Gasteiger partial charge in [-0.1, -0.05) is 42.5 Å². The second-order valence-corrected chi connectivity index (χ2v) is 11.7. The highest BCUT2D eigenvalue weighted by molar-refractivity contribution is 7.89. The molecule has 4 rings (SSSR count). The molecule has 212 valence electrons. The number of hydrogen-bond donors (Lipinski definition) is 3. The normalized spacial score (nSPS) is 17.9. The average molecular weight is 567 g/mol. The summed E-state index contributed by atoms with van der Waals surface area (Å²) < 4.78 is 34.0. The molecule has 0 saturated heterocycles. The van der Waals surface area contributed by atoms with Crippen LogP contribution < -0.4 is 20.1 Å². The van der Waals surface area contributed by atoms with Gasteiger partial charge in [-0.15, -0.1) is 0 Å². The largest absolute Gasteiger partial charge is 0.497 e. The fourth-order valence-corrected chi connectivity index (χ4v) is 6.16. The highest BCUT2D eigenvalue weighted by atomic mass is 32.2. The highest BCUT2D eigenvalue weighted by Crippen LogP contribution is 2.30. The lowest BCUT2D eigenvalue weighted by atomic mass is 9.85. The molecule has 3 aromatic rings. The lowest BCUT2D eigenvalue weighted by molar-refractivity contribution is -0.384. The standard InChI is InChI=1S/C29H34N4O6S/c1-20(22-6-4-3-5-7-22)31-29(34)23-10-12-24(13-11-23)32-40(37,38)26-16-17-27(28(18-26)33(35)36)30-19-21-8-14-25(39-2)15-9-21/h3-9,14-18,20,23-24,30,32H,10-13,19H2,1-2H3,(H,31,34)/t20-,23-,24-/m1/s1. The third-order valence-electron chi connectivity index (χ3n) is 7.20. The van der Waals surface area contributed by atoms with Crippen LogP contribution in [-0.2, 0) is 21.4 Å². The molecule has 0 unspecified atom stereocenters. The van der Waals surface area contributed by atoms with Crippen molar-refractivity contribution in [1.29, 1.82) is 0 Å². The van der Waals surface area contributed by atoms with E-state index in [4.69, 9.17) is 4.74 Å². The van der Waals surface area contributed by atoms with Gasteiger partial charge in [0.25, 0.3) is 5.69 Å². The van der Waals surface area contributed by atoms with Crippen LogP contribution in [0.2, 0.25) is 0 Å². The van der Waals surface area contributed by atoms with Crippen LogP contribution in [0.15, 0.2) is 77.7 Å². The molecule has 0 aliphatic heterocycles. The van der Waals surface area contributed by atoms with Crippen LogP contribution in [-0.4, -0.2) is 32.4 Å². The van der Waals surface area contributed by atoms with Crippen molar-refractivity contribution < 1.29 is 22.9 Å². The number of methoxy groups -OCH3 is 1. The minimum atomic E-state index is -4.00. The van der Waals surface area contributed by atoms with Crippen molar-refractivity contribution in [2.24, 2.45) is 5.92 Å². The number of ether oxygens (including phenoxy) is 1. The Morgan fingerprint density at radius 2 is 1.70 bits per heavy atom. The maximum absolute atomic E-state index is 13.1. The molecule has 40 heavy (non-hydrogen) atoms. The quantitative estimate of drug-likeness (QED) is 0.221. The molecule has 1 aliphatic rings. The number of benzene rings is 3. The molecule has 0 aromatic heterocycles. The van der Waals surface area contributed by atoms with Gasteiger partial charge in [-0.3, -0.25) is 14.9 Å². The Kier molecular flexibility index (Phi) is 9.38. The molecule has 1 aliphatic carbocycles. The van der Waals surface area contributed by atoms with Crippen LogP contribution in [0.1, 0.15) is 49.8 Å². The minimum absolute atomic E-state index is 0.0361. The first-order valence-corrected chi connectivity index (χ1v) is 14.7. The molecule has 1 atom stereocenters. The van der Waals surface area contributed by atoms with E-state index < -0.39 is 14.9 Å². The van der Waals surface area contributed by atoms with Crippen molar-refractivity contribution in [2.75, 3.05) is 12.4 Å². The van der Waals surface area contributed by atoms with Crippen LogP contribution >= 0.6 is 0 Å². The van der Waals surface area contributed by atoms with Gasteiger partial charge in [-0.25, -0.2) is 13.1 Å². The van der Waals surface area contributed by atoms with E-state index in [-0.39, 0.29) is 40.2 Å². The first kappa shape index (κ1) is 29.0. The summed E-state index contributed by atoms with van der Waals surface area (Å²) in [4.78, 5) is 23.7. The summed E-state index contributed by atoms with van der Waals surface area (Å²) in [5.41, 5.74) is 1.79. The Bertz CT molecular complexity index is 1420. The maximum atomic E-state index is 13.1. The number of nitrogens with zero attached hydrogens (tertiary/aromatic N) is 1. The van der Waals surface area contributed by atoms with E-state index >= 15 is 0 Å². The first-order chi connectivity index (χ1) is 19.2. The van der Waals surface area contributed by atoms with Gasteiger partial charge in [0.15, 0.2) is 0 Å². The summed E-state index contributed by atoms with van der Waals surface area (Å²) in [6.07, 6.45) is 2.10. The molecule has 10 nitrogen and oxygen atoms in total. The number of nitro benzene ring substituents is 1. The number of hydrogen-bond acceptors (Lipinski definition) is 7. The fraction of sp³-hybridized carbons (Fsp3) is 0.345. The number of sulfonamides is 1. The lowest BCUT2D eigenvalue weighted by Gasteiger charge is -2.29. The number of amides is 1. The van der Waals surface area contributed by atoms with E-state index in [1.807, 2.05) is 49.4 Å². The molecule has 1 fully saturated rings. The Balaban J connectivity index is 1.34. The minimum Gasteiger partial charge on any atom is -0.497 e. The molecule has 1 saturated carbocycles. The van der Waals surface area contributed by atoms with Crippen molar-refractivity contribution in [2.45, 2.75) is 56.1 Å². The summed E-state index contributed by atoms with van der Waals surface area (Å²) >= 11 is 0. The topological polar surface area (TPSA) is 140 Å². The lowest BCUT2D eigenvalue weighted by Crippen LogP contribution is -2.41. The van der Waals surface area contributed by atoms with Crippen LogP contribution in [0, 0.1) is 16.0 Å². The number of carbonyl (C=O) groups excluding carboxylic acids is 1. The zero-order chi connectivity index (χ0) is 28.7. The average Bonchev–Trinajstić information content (AvgIpc) is 2.96. The molecule has 0 bridgehead atoms. The predicted octanol–water partition coefficient (Wildman–Crippen LogP) is 4.93. The Labute approximate surface area is 234 Å². The highest BCUT2D eigenvalue weighted by Gasteiger charge is 2.30. The van der Waals surface area contributed by atoms with E-state index in [0.717, 1.165) is 17.2 Å². The van der Waals surface area contributed by atoms with E-state index in [0.29, 0.717) is 38.0 Å². The number of nitro groups is 1. The van der Waals surface area contributed by atoms with Gasteiger partial charge in [0, 0.05) is 24.6 Å². The predicted molar refractivity (Wildman–Crippen MR) is 152 cm³/mol. The van der Waals surface area contributed by atoms with Crippen molar-refractivity contribution in [1.82, 2.24) is 10.0 Å². The molecule has 3 aromatic carbocycles. The monoisotopic (exact) mass is 566 g/mol. The zero-order valence-corrected chi connectivity index (χ0v) is 23.3. The summed E-state index contributed by atoms with van der Waals surface area (Å²) in [5, 5.41) is 17.8. The van der Waals surface area contributed by atoms with Gasteiger partial charge in [0.1, 0.15) is 11.4 Å². The smallest absolute Gasteiger partial charge is 0.293 e. The van der Waals surface area contributed by atoms with Gasteiger partial charge in [-0.2, -0.15) is 0 Å². The van der Waals surface area contributed by atoms with Crippen molar-refractivity contribution in [3.63, 3.8) is 0 Å². The maximum Gasteiger partial charge on any atom is 0.293 e. The molecular weight excluding hydrogens is 532 g/mol. The van der Waals surface area contributed by atoms with E-state index in [1.54, 1.807) is 19.2 Å². The van der Waals surface area contributed by atoms with Gasteiger partial charge in [0.2, 0.25) is 15.9 Å². The Morgan fingerprint density at radius 3 is 2.33 bits per heavy atom. The van der Waals surface area contributed by atoms with Gasteiger partial charge < -0.3 is 15.4 Å². The summed E-state index contributed by atoms with van der Waals surface area (Å²) in [6.45, 7) is 2.25. The molecule has 0 heterocycles.